The van der Waals surface area contributed by atoms with Gasteiger partial charge in [0.05, 0.1) is 10.6 Å². The number of nitrogens with zero attached hydrogens (tertiary/aromatic N) is 1. The molecule has 0 radical (unpaired) electrons. The number of nitriles is 1. The lowest BCUT2D eigenvalue weighted by molar-refractivity contribution is 0.102. The summed E-state index contributed by atoms with van der Waals surface area (Å²) in [6.45, 7) is 0. The van der Waals surface area contributed by atoms with E-state index in [9.17, 15) is 10.1 Å². The number of rotatable bonds is 2. The number of fused-ring (bicyclic) bond motifs is 1. The molecule has 0 spiro atoms. The maximum absolute atomic E-state index is 12.3. The third-order valence-electron chi connectivity index (χ3n) is 3.44. The van der Waals surface area contributed by atoms with E-state index in [1.807, 2.05) is 0 Å². The molecular formula is C15H10BrClN2OS. The van der Waals surface area contributed by atoms with Crippen molar-refractivity contribution in [1.29, 1.82) is 5.26 Å². The summed E-state index contributed by atoms with van der Waals surface area (Å²) in [7, 11) is 0. The van der Waals surface area contributed by atoms with Crippen molar-refractivity contribution < 1.29 is 4.79 Å². The van der Waals surface area contributed by atoms with Crippen LogP contribution in [-0.2, 0) is 12.8 Å². The predicted molar refractivity (Wildman–Crippen MR) is 88.2 cm³/mol. The van der Waals surface area contributed by atoms with E-state index in [0.717, 1.165) is 24.8 Å². The zero-order chi connectivity index (χ0) is 15.0. The highest BCUT2D eigenvalue weighted by Crippen LogP contribution is 2.38. The first-order valence-electron chi connectivity index (χ1n) is 6.41. The smallest absolute Gasteiger partial charge is 0.256 e. The Morgan fingerprint density at radius 3 is 2.95 bits per heavy atom. The van der Waals surface area contributed by atoms with Crippen LogP contribution in [0.15, 0.2) is 22.7 Å². The first-order valence-corrected chi connectivity index (χ1v) is 8.40. The first-order chi connectivity index (χ1) is 10.1. The molecule has 0 saturated carbocycles. The van der Waals surface area contributed by atoms with Gasteiger partial charge in [0.25, 0.3) is 5.91 Å². The molecule has 0 atom stereocenters. The van der Waals surface area contributed by atoms with Gasteiger partial charge in [-0.3, -0.25) is 4.79 Å². The van der Waals surface area contributed by atoms with Crippen LogP contribution in [0.3, 0.4) is 0 Å². The van der Waals surface area contributed by atoms with Crippen LogP contribution < -0.4 is 5.32 Å². The van der Waals surface area contributed by atoms with Gasteiger partial charge in [-0.25, -0.2) is 0 Å². The molecule has 1 aromatic heterocycles. The Kier molecular flexibility index (Phi) is 4.03. The summed E-state index contributed by atoms with van der Waals surface area (Å²) >= 11 is 10.7. The SMILES string of the molecule is N#Cc1c(NC(=O)c2ccc(Cl)c(Br)c2)sc2c1CCC2. The monoisotopic (exact) mass is 380 g/mol. The fourth-order valence-electron chi connectivity index (χ4n) is 2.42. The number of hydrogen-bond acceptors (Lipinski definition) is 3. The lowest BCUT2D eigenvalue weighted by Crippen LogP contribution is -2.11. The molecular weight excluding hydrogens is 372 g/mol. The molecule has 0 aliphatic heterocycles. The molecule has 3 nitrogen and oxygen atoms in total. The summed E-state index contributed by atoms with van der Waals surface area (Å²) in [4.78, 5) is 13.5. The Labute approximate surface area is 139 Å². The number of halogens is 2. The van der Waals surface area contributed by atoms with Crippen LogP contribution in [0.5, 0.6) is 0 Å². The molecule has 106 valence electrons. The van der Waals surface area contributed by atoms with Gasteiger partial charge in [-0.05, 0) is 59.0 Å². The molecule has 1 aromatic carbocycles. The van der Waals surface area contributed by atoms with E-state index in [0.29, 0.717) is 25.6 Å². The number of anilines is 1. The van der Waals surface area contributed by atoms with E-state index in [1.54, 1.807) is 18.2 Å². The van der Waals surface area contributed by atoms with Gasteiger partial charge in [-0.15, -0.1) is 11.3 Å². The summed E-state index contributed by atoms with van der Waals surface area (Å²) in [6.07, 6.45) is 3.02. The van der Waals surface area contributed by atoms with Gasteiger partial charge >= 0.3 is 0 Å². The summed E-state index contributed by atoms with van der Waals surface area (Å²) in [5, 5.41) is 13.4. The number of benzene rings is 1. The molecule has 3 rings (SSSR count). The Hall–Kier alpha value is -1.35. The standard InChI is InChI=1S/C15H10BrClN2OS/c16-11-6-8(4-5-12(11)17)14(20)19-15-10(7-18)9-2-1-3-13(9)21-15/h4-6H,1-3H2,(H,19,20). The molecule has 0 bridgehead atoms. The molecule has 1 aliphatic carbocycles. The fourth-order valence-corrected chi connectivity index (χ4v) is 4.15. The molecule has 0 unspecified atom stereocenters. The Balaban J connectivity index is 1.88. The predicted octanol–water partition coefficient (Wildman–Crippen LogP) is 4.78. The maximum Gasteiger partial charge on any atom is 0.256 e. The number of thiophene rings is 1. The third kappa shape index (κ3) is 2.71. The number of amides is 1. The second-order valence-electron chi connectivity index (χ2n) is 4.76. The molecule has 2 aromatic rings. The maximum atomic E-state index is 12.3. The molecule has 6 heteroatoms. The van der Waals surface area contributed by atoms with Crippen LogP contribution in [0, 0.1) is 11.3 Å². The highest BCUT2D eigenvalue weighted by atomic mass is 79.9. The molecule has 1 aliphatic rings. The minimum absolute atomic E-state index is 0.233. The fraction of sp³-hybridized carbons (Fsp3) is 0.200. The van der Waals surface area contributed by atoms with Crippen molar-refractivity contribution in [3.63, 3.8) is 0 Å². The van der Waals surface area contributed by atoms with Crippen molar-refractivity contribution in [2.24, 2.45) is 0 Å². The van der Waals surface area contributed by atoms with Crippen molar-refractivity contribution in [2.45, 2.75) is 19.3 Å². The van der Waals surface area contributed by atoms with E-state index in [2.05, 4.69) is 27.3 Å². The average molecular weight is 382 g/mol. The topological polar surface area (TPSA) is 52.9 Å². The van der Waals surface area contributed by atoms with Gasteiger partial charge in [-0.1, -0.05) is 11.6 Å². The molecule has 1 N–H and O–H groups in total. The van der Waals surface area contributed by atoms with Crippen molar-refractivity contribution in [1.82, 2.24) is 0 Å². The normalized spacial score (nSPS) is 12.8. The largest absolute Gasteiger partial charge is 0.312 e. The van der Waals surface area contributed by atoms with Gasteiger partial charge in [0, 0.05) is 14.9 Å². The average Bonchev–Trinajstić information content (AvgIpc) is 3.02. The number of carbonyl (C=O) groups is 1. The molecule has 0 saturated heterocycles. The van der Waals surface area contributed by atoms with Crippen LogP contribution >= 0.6 is 38.9 Å². The van der Waals surface area contributed by atoms with Gasteiger partial charge < -0.3 is 5.32 Å². The van der Waals surface area contributed by atoms with Crippen molar-refractivity contribution in [3.05, 3.63) is 49.3 Å². The molecule has 0 fully saturated rings. The van der Waals surface area contributed by atoms with Crippen molar-refractivity contribution >= 4 is 49.8 Å². The first kappa shape index (κ1) is 14.6. The Morgan fingerprint density at radius 2 is 2.24 bits per heavy atom. The Bertz CT molecular complexity index is 779. The molecule has 1 amide bonds. The summed E-state index contributed by atoms with van der Waals surface area (Å²) in [6, 6.07) is 7.22. The lowest BCUT2D eigenvalue weighted by Gasteiger charge is -2.05. The number of hydrogen-bond donors (Lipinski definition) is 1. The number of aryl methyl sites for hydroxylation is 1. The zero-order valence-electron chi connectivity index (χ0n) is 10.9. The van der Waals surface area contributed by atoms with E-state index in [1.165, 1.54) is 16.2 Å². The van der Waals surface area contributed by atoms with Crippen molar-refractivity contribution in [2.75, 3.05) is 5.32 Å². The van der Waals surface area contributed by atoms with E-state index < -0.39 is 0 Å². The van der Waals surface area contributed by atoms with Crippen LogP contribution in [0.2, 0.25) is 5.02 Å². The van der Waals surface area contributed by atoms with Gasteiger partial charge in [0.1, 0.15) is 11.1 Å². The van der Waals surface area contributed by atoms with E-state index >= 15 is 0 Å². The van der Waals surface area contributed by atoms with Crippen LogP contribution in [-0.4, -0.2) is 5.91 Å². The molecule has 21 heavy (non-hydrogen) atoms. The summed E-state index contributed by atoms with van der Waals surface area (Å²) in [5.41, 5.74) is 2.23. The lowest BCUT2D eigenvalue weighted by atomic mass is 10.1. The number of carbonyl (C=O) groups excluding carboxylic acids is 1. The van der Waals surface area contributed by atoms with Crippen LogP contribution in [0.25, 0.3) is 0 Å². The van der Waals surface area contributed by atoms with E-state index in [-0.39, 0.29) is 5.91 Å². The van der Waals surface area contributed by atoms with Gasteiger partial charge in [0.15, 0.2) is 0 Å². The van der Waals surface area contributed by atoms with E-state index in [4.69, 9.17) is 11.6 Å². The van der Waals surface area contributed by atoms with Gasteiger partial charge in [0.2, 0.25) is 0 Å². The summed E-state index contributed by atoms with van der Waals surface area (Å²) < 4.78 is 0.672. The second kappa shape index (κ2) is 5.80. The minimum Gasteiger partial charge on any atom is -0.312 e. The second-order valence-corrected chi connectivity index (χ2v) is 7.12. The van der Waals surface area contributed by atoms with Crippen LogP contribution in [0.1, 0.15) is 32.8 Å². The Morgan fingerprint density at radius 1 is 1.43 bits per heavy atom. The highest BCUT2D eigenvalue weighted by Gasteiger charge is 2.23. The minimum atomic E-state index is -0.233. The third-order valence-corrected chi connectivity index (χ3v) is 5.86. The van der Waals surface area contributed by atoms with Crippen molar-refractivity contribution in [3.8, 4) is 6.07 Å². The quantitative estimate of drug-likeness (QED) is 0.814. The number of nitrogens with one attached hydrogen (secondary N) is 1. The zero-order valence-corrected chi connectivity index (χ0v) is 14.0. The molecule has 1 heterocycles. The summed E-state index contributed by atoms with van der Waals surface area (Å²) in [5.74, 6) is -0.233. The highest BCUT2D eigenvalue weighted by molar-refractivity contribution is 9.10. The van der Waals surface area contributed by atoms with Crippen LogP contribution in [0.4, 0.5) is 5.00 Å². The van der Waals surface area contributed by atoms with Gasteiger partial charge in [-0.2, -0.15) is 5.26 Å².